The number of hydrogen-bond acceptors (Lipinski definition) is 6. The Morgan fingerprint density at radius 3 is 2.31 bits per heavy atom. The number of aryl methyl sites for hydroxylation is 2. The lowest BCUT2D eigenvalue weighted by Gasteiger charge is -2.18. The lowest BCUT2D eigenvalue weighted by atomic mass is 9.94. The summed E-state index contributed by atoms with van der Waals surface area (Å²) in [4.78, 5) is 20.8. The van der Waals surface area contributed by atoms with Crippen molar-refractivity contribution in [3.8, 4) is 17.1 Å². The molecule has 6 heteroatoms. The van der Waals surface area contributed by atoms with Gasteiger partial charge in [-0.2, -0.15) is 9.97 Å². The second-order valence-corrected chi connectivity index (χ2v) is 6.93. The monoisotopic (exact) mass is 358 g/mol. The van der Waals surface area contributed by atoms with Crippen LogP contribution in [0.15, 0.2) is 18.2 Å². The van der Waals surface area contributed by atoms with Crippen molar-refractivity contribution in [1.29, 1.82) is 0 Å². The summed E-state index contributed by atoms with van der Waals surface area (Å²) in [5.41, 5.74) is 3.85. The number of carbonyl (C=O) groups is 1. The van der Waals surface area contributed by atoms with Gasteiger partial charge in [0, 0.05) is 12.0 Å². The van der Waals surface area contributed by atoms with Crippen LogP contribution >= 0.6 is 0 Å². The highest BCUT2D eigenvalue weighted by Crippen LogP contribution is 2.31. The fraction of sp³-hybridized carbons (Fsp3) is 0.450. The summed E-state index contributed by atoms with van der Waals surface area (Å²) in [6.07, 6.45) is 0.483. The molecule has 0 radical (unpaired) electrons. The molecule has 1 heterocycles. The van der Waals surface area contributed by atoms with Gasteiger partial charge in [-0.25, -0.2) is 4.79 Å². The first-order chi connectivity index (χ1) is 12.1. The molecule has 0 unspecified atom stereocenters. The van der Waals surface area contributed by atoms with Crippen molar-refractivity contribution in [3.63, 3.8) is 0 Å². The molecule has 140 valence electrons. The molecule has 0 bridgehead atoms. The van der Waals surface area contributed by atoms with E-state index in [-0.39, 0.29) is 12.0 Å². The van der Waals surface area contributed by atoms with Crippen molar-refractivity contribution in [3.05, 3.63) is 40.7 Å². The maximum absolute atomic E-state index is 11.9. The van der Waals surface area contributed by atoms with Crippen LogP contribution in [0.1, 0.15) is 47.6 Å². The van der Waals surface area contributed by atoms with Crippen LogP contribution in [0.3, 0.4) is 0 Å². The van der Waals surface area contributed by atoms with Crippen molar-refractivity contribution >= 4 is 5.97 Å². The summed E-state index contributed by atoms with van der Waals surface area (Å²) >= 11 is 0. The number of carbonyl (C=O) groups excluding carboxylic acids is 1. The number of esters is 1. The Morgan fingerprint density at radius 1 is 1.15 bits per heavy atom. The normalized spacial score (nSPS) is 11.3. The second-order valence-electron chi connectivity index (χ2n) is 6.93. The molecule has 0 aliphatic rings. The fourth-order valence-corrected chi connectivity index (χ4v) is 2.77. The van der Waals surface area contributed by atoms with Crippen molar-refractivity contribution in [2.75, 3.05) is 13.7 Å². The number of aromatic nitrogens is 2. The smallest absolute Gasteiger partial charge is 0.338 e. The minimum atomic E-state index is -0.796. The summed E-state index contributed by atoms with van der Waals surface area (Å²) in [6.45, 7) is 9.45. The van der Waals surface area contributed by atoms with E-state index in [0.717, 1.165) is 28.1 Å². The van der Waals surface area contributed by atoms with Crippen LogP contribution in [-0.2, 0) is 4.74 Å². The third kappa shape index (κ3) is 4.58. The van der Waals surface area contributed by atoms with Gasteiger partial charge >= 0.3 is 12.0 Å². The SMILES string of the molecule is COC(=O)c1cccc(-c2c(C)nc(OCCC(C)(C)O)nc2C)c1C. The van der Waals surface area contributed by atoms with Crippen LogP contribution in [0.2, 0.25) is 0 Å². The molecule has 0 aliphatic carbocycles. The van der Waals surface area contributed by atoms with E-state index < -0.39 is 5.60 Å². The van der Waals surface area contributed by atoms with Crippen LogP contribution in [0.5, 0.6) is 6.01 Å². The quantitative estimate of drug-likeness (QED) is 0.797. The average molecular weight is 358 g/mol. The van der Waals surface area contributed by atoms with Gasteiger partial charge in [0.05, 0.1) is 36.3 Å². The molecule has 0 saturated heterocycles. The van der Waals surface area contributed by atoms with E-state index in [1.165, 1.54) is 7.11 Å². The highest BCUT2D eigenvalue weighted by atomic mass is 16.5. The lowest BCUT2D eigenvalue weighted by molar-refractivity contribution is 0.0538. The number of aliphatic hydroxyl groups is 1. The zero-order valence-corrected chi connectivity index (χ0v) is 16.2. The summed E-state index contributed by atoms with van der Waals surface area (Å²) in [7, 11) is 1.37. The van der Waals surface area contributed by atoms with E-state index >= 15 is 0 Å². The number of hydrogen-bond donors (Lipinski definition) is 1. The molecule has 6 nitrogen and oxygen atoms in total. The Balaban J connectivity index is 2.36. The minimum Gasteiger partial charge on any atom is -0.465 e. The molecule has 1 aromatic carbocycles. The molecule has 0 aliphatic heterocycles. The van der Waals surface area contributed by atoms with Gasteiger partial charge in [0.1, 0.15) is 0 Å². The first-order valence-corrected chi connectivity index (χ1v) is 8.52. The van der Waals surface area contributed by atoms with E-state index in [1.807, 2.05) is 32.9 Å². The van der Waals surface area contributed by atoms with Gasteiger partial charge in [0.2, 0.25) is 0 Å². The van der Waals surface area contributed by atoms with Crippen LogP contribution in [0.4, 0.5) is 0 Å². The van der Waals surface area contributed by atoms with Gasteiger partial charge in [0.15, 0.2) is 0 Å². The van der Waals surface area contributed by atoms with Crippen LogP contribution < -0.4 is 4.74 Å². The van der Waals surface area contributed by atoms with Crippen LogP contribution in [-0.4, -0.2) is 40.4 Å². The largest absolute Gasteiger partial charge is 0.465 e. The summed E-state index contributed by atoms with van der Waals surface area (Å²) in [5, 5.41) is 9.76. The molecule has 0 fully saturated rings. The topological polar surface area (TPSA) is 81.5 Å². The third-order valence-electron chi connectivity index (χ3n) is 4.20. The Morgan fingerprint density at radius 2 is 1.77 bits per heavy atom. The molecule has 2 rings (SSSR count). The number of ether oxygens (including phenoxy) is 2. The van der Waals surface area contributed by atoms with E-state index in [1.54, 1.807) is 19.9 Å². The van der Waals surface area contributed by atoms with Crippen molar-refractivity contribution in [2.45, 2.75) is 46.6 Å². The molecule has 0 spiro atoms. The maximum Gasteiger partial charge on any atom is 0.338 e. The van der Waals surface area contributed by atoms with Gasteiger partial charge in [0.25, 0.3) is 0 Å². The second kappa shape index (κ2) is 7.83. The highest BCUT2D eigenvalue weighted by molar-refractivity contribution is 5.93. The maximum atomic E-state index is 11.9. The van der Waals surface area contributed by atoms with E-state index in [2.05, 4.69) is 9.97 Å². The molecule has 2 aromatic rings. The minimum absolute atomic E-state index is 0.287. The van der Waals surface area contributed by atoms with Gasteiger partial charge in [-0.3, -0.25) is 0 Å². The number of benzene rings is 1. The summed E-state index contributed by atoms with van der Waals surface area (Å²) < 4.78 is 10.4. The standard InChI is InChI=1S/C20H26N2O4/c1-12-15(8-7-9-16(12)18(23)25-6)17-13(2)21-19(22-14(17)3)26-11-10-20(4,5)24/h7-9,24H,10-11H2,1-6H3. The molecule has 0 saturated carbocycles. The van der Waals surface area contributed by atoms with E-state index in [0.29, 0.717) is 18.6 Å². The predicted molar refractivity (Wildman–Crippen MR) is 99.4 cm³/mol. The Hall–Kier alpha value is -2.47. The third-order valence-corrected chi connectivity index (χ3v) is 4.20. The fourth-order valence-electron chi connectivity index (χ4n) is 2.77. The summed E-state index contributed by atoms with van der Waals surface area (Å²) in [6, 6.07) is 5.79. The van der Waals surface area contributed by atoms with Crippen molar-refractivity contribution in [2.24, 2.45) is 0 Å². The Bertz CT molecular complexity index is 787. The average Bonchev–Trinajstić information content (AvgIpc) is 2.54. The van der Waals surface area contributed by atoms with Gasteiger partial charge in [-0.15, -0.1) is 0 Å². The summed E-state index contributed by atoms with van der Waals surface area (Å²) in [5.74, 6) is -0.368. The molecule has 0 atom stereocenters. The zero-order valence-electron chi connectivity index (χ0n) is 16.2. The zero-order chi connectivity index (χ0) is 19.5. The van der Waals surface area contributed by atoms with Gasteiger partial charge in [-0.1, -0.05) is 12.1 Å². The van der Waals surface area contributed by atoms with Crippen LogP contribution in [0, 0.1) is 20.8 Å². The van der Waals surface area contributed by atoms with E-state index in [4.69, 9.17) is 9.47 Å². The molecule has 1 N–H and O–H groups in total. The van der Waals surface area contributed by atoms with Gasteiger partial charge in [-0.05, 0) is 51.8 Å². The van der Waals surface area contributed by atoms with Crippen LogP contribution in [0.25, 0.3) is 11.1 Å². The van der Waals surface area contributed by atoms with E-state index in [9.17, 15) is 9.90 Å². The molecular formula is C20H26N2O4. The molecule has 26 heavy (non-hydrogen) atoms. The predicted octanol–water partition coefficient (Wildman–Crippen LogP) is 3.40. The Kier molecular flexibility index (Phi) is 5.97. The molecule has 0 amide bonds. The van der Waals surface area contributed by atoms with Crippen molar-refractivity contribution < 1.29 is 19.4 Å². The first kappa shape index (κ1) is 19.8. The first-order valence-electron chi connectivity index (χ1n) is 8.52. The lowest BCUT2D eigenvalue weighted by Crippen LogP contribution is -2.22. The Labute approximate surface area is 154 Å². The van der Waals surface area contributed by atoms with Crippen molar-refractivity contribution in [1.82, 2.24) is 9.97 Å². The number of methoxy groups -OCH3 is 1. The number of rotatable bonds is 6. The molecule has 1 aromatic heterocycles. The molecular weight excluding hydrogens is 332 g/mol. The van der Waals surface area contributed by atoms with Gasteiger partial charge < -0.3 is 14.6 Å². The highest BCUT2D eigenvalue weighted by Gasteiger charge is 2.18. The number of nitrogens with zero attached hydrogens (tertiary/aromatic N) is 2.